The lowest BCUT2D eigenvalue weighted by atomic mass is 10.2. The second-order valence-corrected chi connectivity index (χ2v) is 3.95. The Morgan fingerprint density at radius 3 is 2.79 bits per heavy atom. The van der Waals surface area contributed by atoms with Gasteiger partial charge in [-0.2, -0.15) is 0 Å². The molecule has 78 valence electrons. The zero-order chi connectivity index (χ0) is 10.1. The summed E-state index contributed by atoms with van der Waals surface area (Å²) in [7, 11) is 1.55. The van der Waals surface area contributed by atoms with Gasteiger partial charge >= 0.3 is 0 Å². The van der Waals surface area contributed by atoms with E-state index in [0.717, 1.165) is 6.42 Å². The van der Waals surface area contributed by atoms with Gasteiger partial charge in [0.1, 0.15) is 0 Å². The first-order chi connectivity index (χ1) is 6.70. The summed E-state index contributed by atoms with van der Waals surface area (Å²) >= 11 is 0. The van der Waals surface area contributed by atoms with Crippen molar-refractivity contribution in [3.63, 3.8) is 0 Å². The second-order valence-electron chi connectivity index (χ2n) is 3.95. The highest BCUT2D eigenvalue weighted by atomic mass is 16.2. The number of amides is 2. The SMILES string of the molecule is CNC(=O)CNC(=O)[C@@H]1C[C@@H]2C[C@@H]2N1. The van der Waals surface area contributed by atoms with Crippen molar-refractivity contribution in [2.45, 2.75) is 24.9 Å². The fraction of sp³-hybridized carbons (Fsp3) is 0.778. The molecular formula is C9H15N3O2. The Morgan fingerprint density at radius 2 is 2.21 bits per heavy atom. The standard InChI is InChI=1S/C9H15N3O2/c1-10-8(13)4-11-9(14)7-3-5-2-6(5)12-7/h5-7,12H,2-4H2,1H3,(H,10,13)(H,11,14)/t5-,6-,7-/m0/s1. The summed E-state index contributed by atoms with van der Waals surface area (Å²) in [6.45, 7) is 0.0723. The Bertz CT molecular complexity index is 257. The average molecular weight is 197 g/mol. The minimum absolute atomic E-state index is 0.0548. The molecular weight excluding hydrogens is 182 g/mol. The Balaban J connectivity index is 1.70. The van der Waals surface area contributed by atoms with E-state index in [1.54, 1.807) is 7.05 Å². The molecule has 2 fully saturated rings. The average Bonchev–Trinajstić information content (AvgIpc) is 2.81. The second kappa shape index (κ2) is 3.57. The van der Waals surface area contributed by atoms with Gasteiger partial charge in [-0.25, -0.2) is 0 Å². The Labute approximate surface area is 82.6 Å². The first-order valence-electron chi connectivity index (χ1n) is 4.95. The molecule has 14 heavy (non-hydrogen) atoms. The van der Waals surface area contributed by atoms with Crippen LogP contribution in [0.2, 0.25) is 0 Å². The number of carbonyl (C=O) groups is 2. The Hall–Kier alpha value is -1.10. The molecule has 3 N–H and O–H groups in total. The van der Waals surface area contributed by atoms with Crippen LogP contribution in [0.5, 0.6) is 0 Å². The van der Waals surface area contributed by atoms with Crippen molar-refractivity contribution >= 4 is 11.8 Å². The molecule has 0 aromatic carbocycles. The molecule has 5 heteroatoms. The number of fused-ring (bicyclic) bond motifs is 1. The van der Waals surface area contributed by atoms with E-state index in [1.165, 1.54) is 6.42 Å². The lowest BCUT2D eigenvalue weighted by Crippen LogP contribution is -2.45. The van der Waals surface area contributed by atoms with Gasteiger partial charge in [0.2, 0.25) is 11.8 Å². The summed E-state index contributed by atoms with van der Waals surface area (Å²) < 4.78 is 0. The molecule has 1 aliphatic carbocycles. The number of carbonyl (C=O) groups excluding carboxylic acids is 2. The molecule has 1 saturated heterocycles. The molecule has 0 aromatic rings. The zero-order valence-electron chi connectivity index (χ0n) is 8.17. The molecule has 2 aliphatic rings. The van der Waals surface area contributed by atoms with E-state index < -0.39 is 0 Å². The Kier molecular flexibility index (Phi) is 2.41. The maximum absolute atomic E-state index is 11.5. The van der Waals surface area contributed by atoms with Crippen LogP contribution in [0.4, 0.5) is 0 Å². The monoisotopic (exact) mass is 197 g/mol. The highest BCUT2D eigenvalue weighted by molar-refractivity contribution is 5.87. The molecule has 0 radical (unpaired) electrons. The van der Waals surface area contributed by atoms with E-state index in [1.807, 2.05) is 0 Å². The number of likely N-dealkylation sites (N-methyl/N-ethyl adjacent to an activating group) is 1. The summed E-state index contributed by atoms with van der Waals surface area (Å²) in [6, 6.07) is 0.481. The summed E-state index contributed by atoms with van der Waals surface area (Å²) in [4.78, 5) is 22.3. The minimum Gasteiger partial charge on any atom is -0.358 e. The van der Waals surface area contributed by atoms with E-state index in [-0.39, 0.29) is 24.4 Å². The smallest absolute Gasteiger partial charge is 0.239 e. The summed E-state index contributed by atoms with van der Waals surface area (Å²) in [5.41, 5.74) is 0. The maximum atomic E-state index is 11.5. The lowest BCUT2D eigenvalue weighted by Gasteiger charge is -2.12. The molecule has 1 aliphatic heterocycles. The third kappa shape index (κ3) is 1.87. The normalized spacial score (nSPS) is 33.4. The fourth-order valence-electron chi connectivity index (χ4n) is 1.90. The van der Waals surface area contributed by atoms with Crippen LogP contribution in [-0.2, 0) is 9.59 Å². The van der Waals surface area contributed by atoms with Crippen LogP contribution >= 0.6 is 0 Å². The van der Waals surface area contributed by atoms with Crippen molar-refractivity contribution in [3.05, 3.63) is 0 Å². The molecule has 2 rings (SSSR count). The lowest BCUT2D eigenvalue weighted by molar-refractivity contribution is -0.127. The van der Waals surface area contributed by atoms with Gasteiger partial charge in [-0.15, -0.1) is 0 Å². The van der Waals surface area contributed by atoms with Crippen LogP contribution in [0.15, 0.2) is 0 Å². The van der Waals surface area contributed by atoms with Crippen molar-refractivity contribution in [1.82, 2.24) is 16.0 Å². The van der Waals surface area contributed by atoms with Crippen LogP contribution < -0.4 is 16.0 Å². The van der Waals surface area contributed by atoms with Gasteiger partial charge in [-0.3, -0.25) is 9.59 Å². The van der Waals surface area contributed by atoms with E-state index >= 15 is 0 Å². The molecule has 0 spiro atoms. The predicted octanol–water partition coefficient (Wildman–Crippen LogP) is -1.40. The van der Waals surface area contributed by atoms with Crippen LogP contribution in [0.3, 0.4) is 0 Å². The van der Waals surface area contributed by atoms with Gasteiger partial charge in [0.05, 0.1) is 12.6 Å². The van der Waals surface area contributed by atoms with Crippen molar-refractivity contribution in [1.29, 1.82) is 0 Å². The van der Waals surface area contributed by atoms with Crippen molar-refractivity contribution in [3.8, 4) is 0 Å². The molecule has 3 atom stereocenters. The largest absolute Gasteiger partial charge is 0.358 e. The van der Waals surface area contributed by atoms with Gasteiger partial charge in [-0.1, -0.05) is 0 Å². The minimum atomic E-state index is -0.165. The van der Waals surface area contributed by atoms with Gasteiger partial charge in [0, 0.05) is 13.1 Å². The molecule has 0 aromatic heterocycles. The number of rotatable bonds is 3. The van der Waals surface area contributed by atoms with E-state index in [9.17, 15) is 9.59 Å². The molecule has 2 amide bonds. The van der Waals surface area contributed by atoms with E-state index in [2.05, 4.69) is 16.0 Å². The molecule has 1 heterocycles. The topological polar surface area (TPSA) is 70.2 Å². The molecule has 0 unspecified atom stereocenters. The van der Waals surface area contributed by atoms with E-state index in [4.69, 9.17) is 0 Å². The first kappa shape index (κ1) is 9.45. The fourth-order valence-corrected chi connectivity index (χ4v) is 1.90. The highest BCUT2D eigenvalue weighted by Gasteiger charge is 2.47. The number of nitrogens with one attached hydrogen (secondary N) is 3. The zero-order valence-corrected chi connectivity index (χ0v) is 8.17. The Morgan fingerprint density at radius 1 is 1.43 bits per heavy atom. The quantitative estimate of drug-likeness (QED) is 0.521. The highest BCUT2D eigenvalue weighted by Crippen LogP contribution is 2.40. The van der Waals surface area contributed by atoms with Crippen LogP contribution in [-0.4, -0.2) is 37.5 Å². The molecule has 0 bridgehead atoms. The maximum Gasteiger partial charge on any atom is 0.239 e. The number of hydrogen-bond donors (Lipinski definition) is 3. The third-order valence-electron chi connectivity index (χ3n) is 2.89. The first-order valence-corrected chi connectivity index (χ1v) is 4.95. The summed E-state index contributed by atoms with van der Waals surface area (Å²) in [6.07, 6.45) is 2.13. The predicted molar refractivity (Wildman–Crippen MR) is 50.5 cm³/mol. The van der Waals surface area contributed by atoms with Crippen molar-refractivity contribution < 1.29 is 9.59 Å². The molecule has 1 saturated carbocycles. The van der Waals surface area contributed by atoms with Gasteiger partial charge < -0.3 is 16.0 Å². The van der Waals surface area contributed by atoms with Gasteiger partial charge in [0.15, 0.2) is 0 Å². The summed E-state index contributed by atoms with van der Waals surface area (Å²) in [5, 5.41) is 8.28. The van der Waals surface area contributed by atoms with Gasteiger partial charge in [0.25, 0.3) is 0 Å². The van der Waals surface area contributed by atoms with Gasteiger partial charge in [-0.05, 0) is 18.8 Å². The third-order valence-corrected chi connectivity index (χ3v) is 2.89. The number of piperidine rings is 1. The van der Waals surface area contributed by atoms with Crippen LogP contribution in [0.1, 0.15) is 12.8 Å². The van der Waals surface area contributed by atoms with Crippen LogP contribution in [0, 0.1) is 5.92 Å². The van der Waals surface area contributed by atoms with E-state index in [0.29, 0.717) is 12.0 Å². The van der Waals surface area contributed by atoms with Crippen LogP contribution in [0.25, 0.3) is 0 Å². The number of hydrogen-bond acceptors (Lipinski definition) is 3. The van der Waals surface area contributed by atoms with Crippen molar-refractivity contribution in [2.75, 3.05) is 13.6 Å². The van der Waals surface area contributed by atoms with Crippen molar-refractivity contribution in [2.24, 2.45) is 5.92 Å². The molecule has 5 nitrogen and oxygen atoms in total. The summed E-state index contributed by atoms with van der Waals surface area (Å²) in [5.74, 6) is 0.480.